The molecule has 0 saturated carbocycles. The Kier molecular flexibility index (Phi) is 5.81. The second-order valence-electron chi connectivity index (χ2n) is 8.03. The SMILES string of the molecule is CCCc1ncc(CN2C[C@@H]3C[C@@H](O)CN3C[C@@H]2Cc2ccccc2)cn1. The van der Waals surface area contributed by atoms with Gasteiger partial charge >= 0.3 is 0 Å². The van der Waals surface area contributed by atoms with Crippen LogP contribution in [0.15, 0.2) is 42.7 Å². The van der Waals surface area contributed by atoms with Crippen LogP contribution in [0.25, 0.3) is 0 Å². The van der Waals surface area contributed by atoms with Gasteiger partial charge in [0.15, 0.2) is 0 Å². The standard InChI is InChI=1S/C22H30N4O/c1-2-6-22-23-11-18(12-24-22)13-25-15-20-10-21(27)16-26(20)14-19(25)9-17-7-4-3-5-8-17/h3-5,7-8,11-12,19-21,27H,2,6,9-10,13-16H2,1H3/t19-,20-,21+/m0/s1. The van der Waals surface area contributed by atoms with Crippen LogP contribution >= 0.6 is 0 Å². The molecule has 0 amide bonds. The number of hydrogen-bond donors (Lipinski definition) is 1. The van der Waals surface area contributed by atoms with Gasteiger partial charge in [-0.25, -0.2) is 9.97 Å². The molecule has 3 heterocycles. The van der Waals surface area contributed by atoms with Crippen LogP contribution in [0, 0.1) is 0 Å². The number of benzene rings is 1. The first-order chi connectivity index (χ1) is 13.2. The van der Waals surface area contributed by atoms with Crippen molar-refractivity contribution in [2.24, 2.45) is 0 Å². The molecule has 5 nitrogen and oxygen atoms in total. The highest BCUT2D eigenvalue weighted by atomic mass is 16.3. The van der Waals surface area contributed by atoms with Gasteiger partial charge in [0.25, 0.3) is 0 Å². The molecule has 2 saturated heterocycles. The zero-order valence-corrected chi connectivity index (χ0v) is 16.2. The van der Waals surface area contributed by atoms with Crippen molar-refractivity contribution in [1.29, 1.82) is 0 Å². The third-order valence-electron chi connectivity index (χ3n) is 5.84. The first kappa shape index (κ1) is 18.5. The highest BCUT2D eigenvalue weighted by molar-refractivity contribution is 5.17. The van der Waals surface area contributed by atoms with E-state index in [1.54, 1.807) is 0 Å². The molecule has 144 valence electrons. The van der Waals surface area contributed by atoms with Crippen molar-refractivity contribution in [3.05, 3.63) is 59.7 Å². The molecule has 2 aromatic rings. The molecule has 2 aliphatic rings. The lowest BCUT2D eigenvalue weighted by Crippen LogP contribution is -2.56. The minimum Gasteiger partial charge on any atom is -0.392 e. The Balaban J connectivity index is 1.49. The van der Waals surface area contributed by atoms with E-state index < -0.39 is 0 Å². The Labute approximate surface area is 162 Å². The predicted octanol–water partition coefficient (Wildman–Crippen LogP) is 2.29. The predicted molar refractivity (Wildman–Crippen MR) is 106 cm³/mol. The van der Waals surface area contributed by atoms with Gasteiger partial charge in [-0.1, -0.05) is 37.3 Å². The van der Waals surface area contributed by atoms with Crippen LogP contribution in [-0.2, 0) is 19.4 Å². The third kappa shape index (κ3) is 4.54. The third-order valence-corrected chi connectivity index (χ3v) is 5.84. The maximum atomic E-state index is 10.1. The van der Waals surface area contributed by atoms with Gasteiger partial charge in [-0.2, -0.15) is 0 Å². The molecule has 0 aliphatic carbocycles. The fraction of sp³-hybridized carbons (Fsp3) is 0.545. The molecule has 2 fully saturated rings. The Bertz CT molecular complexity index is 721. The van der Waals surface area contributed by atoms with E-state index >= 15 is 0 Å². The summed E-state index contributed by atoms with van der Waals surface area (Å²) in [6.45, 7) is 5.88. The van der Waals surface area contributed by atoms with Crippen molar-refractivity contribution in [3.8, 4) is 0 Å². The van der Waals surface area contributed by atoms with Crippen LogP contribution in [0.5, 0.6) is 0 Å². The lowest BCUT2D eigenvalue weighted by Gasteiger charge is -2.43. The lowest BCUT2D eigenvalue weighted by atomic mass is 9.99. The maximum absolute atomic E-state index is 10.1. The van der Waals surface area contributed by atoms with Crippen molar-refractivity contribution in [2.75, 3.05) is 19.6 Å². The van der Waals surface area contributed by atoms with E-state index in [2.05, 4.69) is 57.0 Å². The van der Waals surface area contributed by atoms with Crippen LogP contribution in [0.3, 0.4) is 0 Å². The molecule has 4 rings (SSSR count). The number of aryl methyl sites for hydroxylation is 1. The van der Waals surface area contributed by atoms with E-state index in [1.165, 1.54) is 11.1 Å². The normalized spacial score (nSPS) is 26.2. The van der Waals surface area contributed by atoms with Crippen LogP contribution in [-0.4, -0.2) is 62.7 Å². The number of aliphatic hydroxyl groups excluding tert-OH is 1. The van der Waals surface area contributed by atoms with Crippen molar-refractivity contribution in [3.63, 3.8) is 0 Å². The second kappa shape index (κ2) is 8.46. The minimum absolute atomic E-state index is 0.177. The summed E-state index contributed by atoms with van der Waals surface area (Å²) in [7, 11) is 0. The Hall–Kier alpha value is -1.82. The molecule has 2 aliphatic heterocycles. The monoisotopic (exact) mass is 366 g/mol. The van der Waals surface area contributed by atoms with Crippen LogP contribution in [0.4, 0.5) is 0 Å². The number of piperazine rings is 1. The lowest BCUT2D eigenvalue weighted by molar-refractivity contribution is 0.0443. The van der Waals surface area contributed by atoms with E-state index in [4.69, 9.17) is 0 Å². The molecule has 27 heavy (non-hydrogen) atoms. The largest absolute Gasteiger partial charge is 0.392 e. The average molecular weight is 367 g/mol. The minimum atomic E-state index is -0.177. The summed E-state index contributed by atoms with van der Waals surface area (Å²) in [5, 5.41) is 10.1. The van der Waals surface area contributed by atoms with E-state index in [1.807, 2.05) is 12.4 Å². The van der Waals surface area contributed by atoms with Gasteiger partial charge in [-0.3, -0.25) is 9.80 Å². The van der Waals surface area contributed by atoms with Gasteiger partial charge in [-0.15, -0.1) is 0 Å². The molecule has 0 bridgehead atoms. The van der Waals surface area contributed by atoms with Gasteiger partial charge in [0.2, 0.25) is 0 Å². The highest BCUT2D eigenvalue weighted by Gasteiger charge is 2.39. The molecule has 5 heteroatoms. The first-order valence-electron chi connectivity index (χ1n) is 10.2. The van der Waals surface area contributed by atoms with E-state index in [0.29, 0.717) is 12.1 Å². The van der Waals surface area contributed by atoms with Gasteiger partial charge in [0, 0.05) is 62.6 Å². The molecule has 1 aromatic carbocycles. The fourth-order valence-corrected chi connectivity index (χ4v) is 4.50. The van der Waals surface area contributed by atoms with Crippen LogP contribution < -0.4 is 0 Å². The summed E-state index contributed by atoms with van der Waals surface area (Å²) < 4.78 is 0. The molecule has 1 aromatic heterocycles. The average Bonchev–Trinajstić information content (AvgIpc) is 3.03. The van der Waals surface area contributed by atoms with Gasteiger partial charge in [-0.05, 0) is 24.8 Å². The molecular weight excluding hydrogens is 336 g/mol. The first-order valence-corrected chi connectivity index (χ1v) is 10.2. The zero-order chi connectivity index (χ0) is 18.6. The van der Waals surface area contributed by atoms with E-state index in [9.17, 15) is 5.11 Å². The summed E-state index contributed by atoms with van der Waals surface area (Å²) >= 11 is 0. The van der Waals surface area contributed by atoms with Gasteiger partial charge in [0.1, 0.15) is 5.82 Å². The van der Waals surface area contributed by atoms with E-state index in [0.717, 1.165) is 57.7 Å². The molecule has 1 N–H and O–H groups in total. The van der Waals surface area contributed by atoms with Crippen molar-refractivity contribution in [2.45, 2.75) is 57.3 Å². The topological polar surface area (TPSA) is 52.5 Å². The summed E-state index contributed by atoms with van der Waals surface area (Å²) in [6, 6.07) is 11.6. The maximum Gasteiger partial charge on any atom is 0.128 e. The molecule has 0 radical (unpaired) electrons. The van der Waals surface area contributed by atoms with Crippen molar-refractivity contribution in [1.82, 2.24) is 19.8 Å². The zero-order valence-electron chi connectivity index (χ0n) is 16.2. The van der Waals surface area contributed by atoms with Crippen LogP contribution in [0.1, 0.15) is 36.7 Å². The Morgan fingerprint density at radius 1 is 1.04 bits per heavy atom. The van der Waals surface area contributed by atoms with Gasteiger partial charge in [0.05, 0.1) is 6.10 Å². The summed E-state index contributed by atoms with van der Waals surface area (Å²) in [5.74, 6) is 0.936. The van der Waals surface area contributed by atoms with Gasteiger partial charge < -0.3 is 5.11 Å². The number of aliphatic hydroxyl groups is 1. The number of rotatable bonds is 6. The Morgan fingerprint density at radius 3 is 2.56 bits per heavy atom. The smallest absolute Gasteiger partial charge is 0.128 e. The molecule has 0 unspecified atom stereocenters. The quantitative estimate of drug-likeness (QED) is 0.850. The fourth-order valence-electron chi connectivity index (χ4n) is 4.50. The summed E-state index contributed by atoms with van der Waals surface area (Å²) in [5.41, 5.74) is 2.56. The number of nitrogens with zero attached hydrogens (tertiary/aromatic N) is 4. The summed E-state index contributed by atoms with van der Waals surface area (Å²) in [4.78, 5) is 14.1. The van der Waals surface area contributed by atoms with Crippen molar-refractivity contribution >= 4 is 0 Å². The van der Waals surface area contributed by atoms with E-state index in [-0.39, 0.29) is 6.10 Å². The molecule has 0 spiro atoms. The number of aromatic nitrogens is 2. The number of fused-ring (bicyclic) bond motifs is 1. The Morgan fingerprint density at radius 2 is 1.81 bits per heavy atom. The molecular formula is C22H30N4O. The van der Waals surface area contributed by atoms with Crippen LogP contribution in [0.2, 0.25) is 0 Å². The second-order valence-corrected chi connectivity index (χ2v) is 8.03. The number of hydrogen-bond acceptors (Lipinski definition) is 5. The highest BCUT2D eigenvalue weighted by Crippen LogP contribution is 2.27. The summed E-state index contributed by atoms with van der Waals surface area (Å²) in [6.07, 6.45) is 7.75. The molecule has 3 atom stereocenters. The van der Waals surface area contributed by atoms with Crippen molar-refractivity contribution < 1.29 is 5.11 Å².